The minimum Gasteiger partial charge on any atom is -0.493 e. The second-order valence-electron chi connectivity index (χ2n) is 7.57. The smallest absolute Gasteiger partial charge is 0.338 e. The van der Waals surface area contributed by atoms with Crippen molar-refractivity contribution in [2.75, 3.05) is 13.2 Å². The number of rotatable bonds is 3. The molecule has 1 fully saturated rings. The minimum absolute atomic E-state index is 0.262. The third kappa shape index (κ3) is 3.27. The lowest BCUT2D eigenvalue weighted by molar-refractivity contribution is -0.131. The number of urea groups is 1. The molecule has 0 radical (unpaired) electrons. The van der Waals surface area contributed by atoms with E-state index < -0.39 is 24.3 Å². The summed E-state index contributed by atoms with van der Waals surface area (Å²) in [6, 6.07) is 7.81. The van der Waals surface area contributed by atoms with Crippen LogP contribution in [0.3, 0.4) is 0 Å². The van der Waals surface area contributed by atoms with Crippen molar-refractivity contribution in [1.82, 2.24) is 14.8 Å². The SMILES string of the molecule is NC(=O)N1C(c2ccncc2)=CC(=O)N2CCC(OC(=O)c3ccc4c(c3)CCO4)C21. The first-order valence-electron chi connectivity index (χ1n) is 10.0. The quantitative estimate of drug-likeness (QED) is 0.753. The Balaban J connectivity index is 1.44. The Labute approximate surface area is 178 Å². The number of benzene rings is 1. The number of nitrogens with zero attached hydrogens (tertiary/aromatic N) is 3. The van der Waals surface area contributed by atoms with Gasteiger partial charge in [-0.05, 0) is 35.9 Å². The predicted octanol–water partition coefficient (Wildman–Crippen LogP) is 1.54. The van der Waals surface area contributed by atoms with E-state index in [-0.39, 0.29) is 5.91 Å². The first kappa shape index (κ1) is 19.1. The number of aromatic nitrogens is 1. The maximum absolute atomic E-state index is 12.9. The highest BCUT2D eigenvalue weighted by Gasteiger charge is 2.48. The van der Waals surface area contributed by atoms with E-state index in [1.165, 1.54) is 15.9 Å². The number of esters is 1. The molecule has 1 aromatic heterocycles. The van der Waals surface area contributed by atoms with Gasteiger partial charge in [-0.1, -0.05) is 0 Å². The van der Waals surface area contributed by atoms with E-state index in [0.29, 0.717) is 36.4 Å². The van der Waals surface area contributed by atoms with Crippen molar-refractivity contribution in [3.8, 4) is 5.75 Å². The summed E-state index contributed by atoms with van der Waals surface area (Å²) in [4.78, 5) is 44.8. The average Bonchev–Trinajstić information content (AvgIpc) is 3.41. The highest BCUT2D eigenvalue weighted by molar-refractivity contribution is 6.01. The van der Waals surface area contributed by atoms with Gasteiger partial charge in [0.2, 0.25) is 5.91 Å². The Hall–Kier alpha value is -3.88. The monoisotopic (exact) mass is 420 g/mol. The Morgan fingerprint density at radius 1 is 1.19 bits per heavy atom. The lowest BCUT2D eigenvalue weighted by Crippen LogP contribution is -2.57. The van der Waals surface area contributed by atoms with Gasteiger partial charge in [0.1, 0.15) is 11.9 Å². The van der Waals surface area contributed by atoms with Gasteiger partial charge < -0.3 is 20.1 Å². The van der Waals surface area contributed by atoms with Crippen molar-refractivity contribution in [1.29, 1.82) is 0 Å². The predicted molar refractivity (Wildman–Crippen MR) is 109 cm³/mol. The van der Waals surface area contributed by atoms with Crippen molar-refractivity contribution < 1.29 is 23.9 Å². The van der Waals surface area contributed by atoms with Crippen LogP contribution in [0.25, 0.3) is 5.70 Å². The number of pyridine rings is 1. The molecule has 0 spiro atoms. The van der Waals surface area contributed by atoms with Crippen LogP contribution in [0.4, 0.5) is 4.79 Å². The van der Waals surface area contributed by atoms with Crippen molar-refractivity contribution in [2.45, 2.75) is 25.1 Å². The van der Waals surface area contributed by atoms with Crippen molar-refractivity contribution in [3.05, 3.63) is 65.5 Å². The van der Waals surface area contributed by atoms with Gasteiger partial charge in [-0.15, -0.1) is 0 Å². The fourth-order valence-electron chi connectivity index (χ4n) is 4.34. The van der Waals surface area contributed by atoms with E-state index in [1.807, 2.05) is 0 Å². The van der Waals surface area contributed by atoms with Crippen LogP contribution in [0.5, 0.6) is 5.75 Å². The molecule has 2 N–H and O–H groups in total. The molecular formula is C22H20N4O5. The molecule has 2 aromatic rings. The molecule has 2 atom stereocenters. The maximum Gasteiger partial charge on any atom is 0.338 e. The summed E-state index contributed by atoms with van der Waals surface area (Å²) in [7, 11) is 0. The van der Waals surface area contributed by atoms with Gasteiger partial charge in [-0.2, -0.15) is 0 Å². The van der Waals surface area contributed by atoms with Gasteiger partial charge in [0.25, 0.3) is 0 Å². The second-order valence-corrected chi connectivity index (χ2v) is 7.57. The van der Waals surface area contributed by atoms with E-state index >= 15 is 0 Å². The Bertz CT molecular complexity index is 1100. The van der Waals surface area contributed by atoms with Gasteiger partial charge in [0, 0.05) is 43.4 Å². The molecule has 0 aliphatic carbocycles. The molecule has 0 saturated carbocycles. The zero-order valence-electron chi connectivity index (χ0n) is 16.6. The topological polar surface area (TPSA) is 115 Å². The number of fused-ring (bicyclic) bond motifs is 2. The summed E-state index contributed by atoms with van der Waals surface area (Å²) >= 11 is 0. The summed E-state index contributed by atoms with van der Waals surface area (Å²) in [6.45, 7) is 0.941. The van der Waals surface area contributed by atoms with Gasteiger partial charge in [0.15, 0.2) is 6.17 Å². The summed E-state index contributed by atoms with van der Waals surface area (Å²) < 4.78 is 11.3. The standard InChI is InChI=1S/C22H20N4O5/c23-22(29)26-16(13-3-7-24-8-4-13)12-19(27)25-9-5-18(20(25)26)31-21(28)15-1-2-17-14(11-15)6-10-30-17/h1-4,7-8,11-12,18,20H,5-6,9-10H2,(H2,23,29). The average molecular weight is 420 g/mol. The van der Waals surface area contributed by atoms with Crippen LogP contribution in [0.15, 0.2) is 48.8 Å². The first-order chi connectivity index (χ1) is 15.0. The Kier molecular flexibility index (Phi) is 4.58. The Morgan fingerprint density at radius 2 is 2.00 bits per heavy atom. The highest BCUT2D eigenvalue weighted by Crippen LogP contribution is 2.35. The minimum atomic E-state index is -0.806. The number of carbonyl (C=O) groups is 3. The molecule has 9 heteroatoms. The molecule has 31 heavy (non-hydrogen) atoms. The summed E-state index contributed by atoms with van der Waals surface area (Å²) in [6.07, 6.45) is 4.13. The van der Waals surface area contributed by atoms with Crippen molar-refractivity contribution >= 4 is 23.6 Å². The van der Waals surface area contributed by atoms with Crippen LogP contribution in [0, 0.1) is 0 Å². The lowest BCUT2D eigenvalue weighted by Gasteiger charge is -2.40. The van der Waals surface area contributed by atoms with E-state index in [0.717, 1.165) is 17.7 Å². The Morgan fingerprint density at radius 3 is 2.77 bits per heavy atom. The number of nitrogens with two attached hydrogens (primary N) is 1. The number of hydrogen-bond donors (Lipinski definition) is 1. The van der Waals surface area contributed by atoms with Crippen molar-refractivity contribution in [3.63, 3.8) is 0 Å². The zero-order valence-corrected chi connectivity index (χ0v) is 16.6. The number of amides is 3. The zero-order chi connectivity index (χ0) is 21.5. The molecular weight excluding hydrogens is 400 g/mol. The molecule has 3 amide bonds. The normalized spacial score (nSPS) is 21.8. The fraction of sp³-hybridized carbons (Fsp3) is 0.273. The lowest BCUT2D eigenvalue weighted by atomic mass is 10.1. The first-order valence-corrected chi connectivity index (χ1v) is 10.0. The molecule has 2 unspecified atom stereocenters. The van der Waals surface area contributed by atoms with Gasteiger partial charge in [0.05, 0.1) is 17.9 Å². The fourth-order valence-corrected chi connectivity index (χ4v) is 4.34. The molecule has 3 aliphatic rings. The molecule has 158 valence electrons. The van der Waals surface area contributed by atoms with E-state index in [1.54, 1.807) is 42.7 Å². The van der Waals surface area contributed by atoms with Gasteiger partial charge >= 0.3 is 12.0 Å². The molecule has 3 aliphatic heterocycles. The number of primary amides is 1. The number of hydrogen-bond acceptors (Lipinski definition) is 6. The van der Waals surface area contributed by atoms with Crippen LogP contribution in [-0.4, -0.2) is 58.1 Å². The van der Waals surface area contributed by atoms with Gasteiger partial charge in [-0.25, -0.2) is 9.59 Å². The van der Waals surface area contributed by atoms with Crippen LogP contribution < -0.4 is 10.5 Å². The summed E-state index contributed by atoms with van der Waals surface area (Å²) in [5.41, 5.74) is 8.04. The molecule has 9 nitrogen and oxygen atoms in total. The molecule has 4 heterocycles. The second kappa shape index (κ2) is 7.42. The molecule has 5 rings (SSSR count). The van der Waals surface area contributed by atoms with Crippen LogP contribution in [-0.2, 0) is 16.0 Å². The number of ether oxygens (including phenoxy) is 2. The molecule has 1 saturated heterocycles. The third-order valence-electron chi connectivity index (χ3n) is 5.77. The van der Waals surface area contributed by atoms with E-state index in [9.17, 15) is 14.4 Å². The van der Waals surface area contributed by atoms with Crippen LogP contribution in [0.2, 0.25) is 0 Å². The third-order valence-corrected chi connectivity index (χ3v) is 5.77. The molecule has 0 bridgehead atoms. The summed E-state index contributed by atoms with van der Waals surface area (Å²) in [5.74, 6) is -0.00511. The maximum atomic E-state index is 12.9. The highest BCUT2D eigenvalue weighted by atomic mass is 16.5. The van der Waals surface area contributed by atoms with Crippen LogP contribution >= 0.6 is 0 Å². The van der Waals surface area contributed by atoms with E-state index in [4.69, 9.17) is 15.2 Å². The van der Waals surface area contributed by atoms with Crippen molar-refractivity contribution in [2.24, 2.45) is 5.73 Å². The number of carbonyl (C=O) groups excluding carboxylic acids is 3. The van der Waals surface area contributed by atoms with Crippen LogP contribution in [0.1, 0.15) is 27.9 Å². The van der Waals surface area contributed by atoms with E-state index in [2.05, 4.69) is 4.98 Å². The summed E-state index contributed by atoms with van der Waals surface area (Å²) in [5, 5.41) is 0. The molecule has 1 aromatic carbocycles. The largest absolute Gasteiger partial charge is 0.493 e. The van der Waals surface area contributed by atoms with Gasteiger partial charge in [-0.3, -0.25) is 14.7 Å².